The zero-order valence-electron chi connectivity index (χ0n) is 18.2. The largest absolute Gasteiger partial charge is 0.482 e. The molecule has 1 N–H and O–H groups in total. The van der Waals surface area contributed by atoms with Crippen molar-refractivity contribution in [3.8, 4) is 11.5 Å². The topological polar surface area (TPSA) is 63.7 Å². The third kappa shape index (κ3) is 4.32. The van der Waals surface area contributed by atoms with Gasteiger partial charge in [0.2, 0.25) is 0 Å². The average Bonchev–Trinajstić information content (AvgIpc) is 2.79. The van der Waals surface area contributed by atoms with E-state index in [-0.39, 0.29) is 11.7 Å². The van der Waals surface area contributed by atoms with Gasteiger partial charge in [-0.1, -0.05) is 12.1 Å². The van der Waals surface area contributed by atoms with E-state index in [4.69, 9.17) is 9.47 Å². The van der Waals surface area contributed by atoms with Crippen molar-refractivity contribution in [2.24, 2.45) is 0 Å². The van der Waals surface area contributed by atoms with Crippen LogP contribution >= 0.6 is 0 Å². The maximum absolute atomic E-state index is 13.1. The predicted octanol–water partition coefficient (Wildman–Crippen LogP) is 4.11. The van der Waals surface area contributed by atoms with Crippen molar-refractivity contribution in [1.82, 2.24) is 15.2 Å². The first-order valence-electron chi connectivity index (χ1n) is 10.9. The van der Waals surface area contributed by atoms with E-state index >= 15 is 0 Å². The van der Waals surface area contributed by atoms with Crippen LogP contribution in [0, 0.1) is 0 Å². The summed E-state index contributed by atoms with van der Waals surface area (Å²) in [6.07, 6.45) is 5.12. The van der Waals surface area contributed by atoms with Crippen molar-refractivity contribution >= 4 is 11.5 Å². The van der Waals surface area contributed by atoms with Crippen LogP contribution in [-0.2, 0) is 0 Å². The van der Waals surface area contributed by atoms with Gasteiger partial charge in [0.1, 0.15) is 22.8 Å². The molecule has 4 rings (SSSR count). The third-order valence-electron chi connectivity index (χ3n) is 5.99. The number of piperidine rings is 1. The van der Waals surface area contributed by atoms with E-state index < -0.39 is 12.2 Å². The fourth-order valence-corrected chi connectivity index (χ4v) is 4.32. The SMILES string of the molecule is CCN(CC)C(=O)c1ccc(C2=CC3(CCNCC3)Oc3cccc(OC(F)F)c32)cn1. The molecule has 170 valence electrons. The van der Waals surface area contributed by atoms with Gasteiger partial charge < -0.3 is 19.7 Å². The molecule has 2 aliphatic heterocycles. The Morgan fingerprint density at radius 2 is 1.97 bits per heavy atom. The molecule has 8 heteroatoms. The van der Waals surface area contributed by atoms with E-state index in [1.54, 1.807) is 35.4 Å². The van der Waals surface area contributed by atoms with Gasteiger partial charge in [-0.15, -0.1) is 0 Å². The van der Waals surface area contributed by atoms with Gasteiger partial charge >= 0.3 is 6.61 Å². The summed E-state index contributed by atoms with van der Waals surface area (Å²) in [5, 5.41) is 3.33. The molecule has 0 bridgehead atoms. The Morgan fingerprint density at radius 3 is 2.59 bits per heavy atom. The molecule has 1 spiro atoms. The highest BCUT2D eigenvalue weighted by Gasteiger charge is 2.38. The monoisotopic (exact) mass is 443 g/mol. The lowest BCUT2D eigenvalue weighted by atomic mass is 9.83. The van der Waals surface area contributed by atoms with E-state index in [0.717, 1.165) is 31.5 Å². The molecular weight excluding hydrogens is 416 g/mol. The van der Waals surface area contributed by atoms with Crippen LogP contribution < -0.4 is 14.8 Å². The highest BCUT2D eigenvalue weighted by molar-refractivity contribution is 5.93. The number of nitrogens with one attached hydrogen (secondary N) is 1. The fraction of sp³-hybridized carbons (Fsp3) is 0.417. The van der Waals surface area contributed by atoms with Crippen LogP contribution in [0.5, 0.6) is 11.5 Å². The van der Waals surface area contributed by atoms with E-state index in [1.165, 1.54) is 6.07 Å². The van der Waals surface area contributed by atoms with Gasteiger partial charge in [0.05, 0.1) is 5.56 Å². The Bertz CT molecular complexity index is 998. The second kappa shape index (κ2) is 9.24. The first-order valence-corrected chi connectivity index (χ1v) is 10.9. The molecule has 2 aliphatic rings. The number of alkyl halides is 2. The van der Waals surface area contributed by atoms with Crippen molar-refractivity contribution in [3.63, 3.8) is 0 Å². The number of fused-ring (bicyclic) bond motifs is 1. The molecule has 0 radical (unpaired) electrons. The van der Waals surface area contributed by atoms with Crippen LogP contribution in [0.15, 0.2) is 42.6 Å². The maximum Gasteiger partial charge on any atom is 0.387 e. The molecule has 1 saturated heterocycles. The molecule has 32 heavy (non-hydrogen) atoms. The normalized spacial score (nSPS) is 16.8. The fourth-order valence-electron chi connectivity index (χ4n) is 4.32. The number of hydrogen-bond acceptors (Lipinski definition) is 5. The van der Waals surface area contributed by atoms with Crippen molar-refractivity contribution < 1.29 is 23.0 Å². The number of pyridine rings is 1. The first-order chi connectivity index (χ1) is 15.5. The zero-order valence-corrected chi connectivity index (χ0v) is 18.2. The summed E-state index contributed by atoms with van der Waals surface area (Å²) in [5.74, 6) is 0.418. The first kappa shape index (κ1) is 22.2. The maximum atomic E-state index is 13.1. The molecule has 0 atom stereocenters. The second-order valence-corrected chi connectivity index (χ2v) is 7.89. The molecule has 2 aromatic rings. The molecule has 1 amide bonds. The summed E-state index contributed by atoms with van der Waals surface area (Å²) < 4.78 is 37.4. The van der Waals surface area contributed by atoms with Crippen LogP contribution in [0.2, 0.25) is 0 Å². The summed E-state index contributed by atoms with van der Waals surface area (Å²) in [4.78, 5) is 18.7. The smallest absolute Gasteiger partial charge is 0.387 e. The van der Waals surface area contributed by atoms with Crippen LogP contribution in [0.4, 0.5) is 8.78 Å². The molecule has 1 aromatic carbocycles. The molecule has 1 fully saturated rings. The zero-order chi connectivity index (χ0) is 22.7. The van der Waals surface area contributed by atoms with Gasteiger partial charge in [-0.2, -0.15) is 8.78 Å². The molecule has 0 saturated carbocycles. The lowest BCUT2D eigenvalue weighted by Gasteiger charge is -2.40. The Kier molecular flexibility index (Phi) is 6.41. The number of nitrogens with zero attached hydrogens (tertiary/aromatic N) is 2. The number of benzene rings is 1. The number of hydrogen-bond donors (Lipinski definition) is 1. The van der Waals surface area contributed by atoms with Crippen LogP contribution in [-0.4, -0.2) is 54.2 Å². The summed E-state index contributed by atoms with van der Waals surface area (Å²) in [6.45, 7) is 3.67. The van der Waals surface area contributed by atoms with E-state index in [1.807, 2.05) is 19.9 Å². The number of carbonyl (C=O) groups excluding carboxylic acids is 1. The van der Waals surface area contributed by atoms with Crippen LogP contribution in [0.25, 0.3) is 5.57 Å². The minimum atomic E-state index is -2.95. The number of aromatic nitrogens is 1. The number of halogens is 2. The molecule has 3 heterocycles. The lowest BCUT2D eigenvalue weighted by Crippen LogP contribution is -2.46. The number of amides is 1. The molecular formula is C24H27F2N3O3. The number of rotatable bonds is 6. The van der Waals surface area contributed by atoms with Gasteiger partial charge in [0.25, 0.3) is 5.91 Å². The number of carbonyl (C=O) groups is 1. The third-order valence-corrected chi connectivity index (χ3v) is 5.99. The summed E-state index contributed by atoms with van der Waals surface area (Å²) in [5.41, 5.74) is 1.72. The molecule has 6 nitrogen and oxygen atoms in total. The molecule has 0 unspecified atom stereocenters. The highest BCUT2D eigenvalue weighted by atomic mass is 19.3. The van der Waals surface area contributed by atoms with Crippen LogP contribution in [0.3, 0.4) is 0 Å². The van der Waals surface area contributed by atoms with Crippen molar-refractivity contribution in [1.29, 1.82) is 0 Å². The Hall–Kier alpha value is -3.00. The van der Waals surface area contributed by atoms with E-state index in [2.05, 4.69) is 10.3 Å². The average molecular weight is 443 g/mol. The van der Waals surface area contributed by atoms with Gasteiger partial charge in [-0.05, 0) is 56.8 Å². The van der Waals surface area contributed by atoms with Gasteiger partial charge in [-0.3, -0.25) is 9.78 Å². The molecule has 0 aliphatic carbocycles. The highest BCUT2D eigenvalue weighted by Crippen LogP contribution is 2.46. The summed E-state index contributed by atoms with van der Waals surface area (Å²) in [6, 6.07) is 8.42. The number of ether oxygens (including phenoxy) is 2. The van der Waals surface area contributed by atoms with Gasteiger partial charge in [0, 0.05) is 37.7 Å². The Morgan fingerprint density at radius 1 is 1.22 bits per heavy atom. The van der Waals surface area contributed by atoms with E-state index in [0.29, 0.717) is 35.7 Å². The Balaban J connectivity index is 1.77. The Labute approximate surface area is 186 Å². The van der Waals surface area contributed by atoms with Crippen molar-refractivity contribution in [3.05, 3.63) is 59.4 Å². The molecule has 1 aromatic heterocycles. The summed E-state index contributed by atoms with van der Waals surface area (Å²) in [7, 11) is 0. The second-order valence-electron chi connectivity index (χ2n) is 7.89. The van der Waals surface area contributed by atoms with E-state index in [9.17, 15) is 13.6 Å². The predicted molar refractivity (Wildman–Crippen MR) is 117 cm³/mol. The minimum absolute atomic E-state index is 0.0517. The quantitative estimate of drug-likeness (QED) is 0.728. The van der Waals surface area contributed by atoms with Crippen molar-refractivity contribution in [2.75, 3.05) is 26.2 Å². The van der Waals surface area contributed by atoms with Crippen LogP contribution in [0.1, 0.15) is 48.3 Å². The standard InChI is InChI=1S/C24H27F2N3O3/c1-3-29(4-2)22(30)18-9-8-16(15-28-18)17-14-24(10-12-27-13-11-24)32-20-7-5-6-19(21(17)20)31-23(25)26/h5-9,14-15,23,27H,3-4,10-13H2,1-2H3. The van der Waals surface area contributed by atoms with Gasteiger partial charge in [-0.25, -0.2) is 0 Å². The van der Waals surface area contributed by atoms with Gasteiger partial charge in [0.15, 0.2) is 0 Å². The minimum Gasteiger partial charge on any atom is -0.482 e. The summed E-state index contributed by atoms with van der Waals surface area (Å²) >= 11 is 0. The lowest BCUT2D eigenvalue weighted by molar-refractivity contribution is -0.0503. The van der Waals surface area contributed by atoms with Crippen molar-refractivity contribution in [2.45, 2.75) is 38.9 Å².